The van der Waals surface area contributed by atoms with Gasteiger partial charge < -0.3 is 15.6 Å². The van der Waals surface area contributed by atoms with Crippen LogP contribution in [-0.2, 0) is 5.41 Å². The van der Waals surface area contributed by atoms with Crippen molar-refractivity contribution >= 4 is 5.69 Å². The Labute approximate surface area is 115 Å². The zero-order valence-electron chi connectivity index (χ0n) is 11.4. The number of benzene rings is 1. The summed E-state index contributed by atoms with van der Waals surface area (Å²) < 4.78 is 43.2. The topological polar surface area (TPSA) is 55.5 Å². The molecule has 1 aromatic carbocycles. The molecular weight excluding hydrogens is 271 g/mol. The van der Waals surface area contributed by atoms with Gasteiger partial charge in [0.1, 0.15) is 5.75 Å². The van der Waals surface area contributed by atoms with Crippen molar-refractivity contribution in [2.24, 2.45) is 0 Å². The first-order valence-corrected chi connectivity index (χ1v) is 6.42. The van der Waals surface area contributed by atoms with Gasteiger partial charge in [0, 0.05) is 5.56 Å². The van der Waals surface area contributed by atoms with E-state index in [2.05, 4.69) is 0 Å². The number of alkyl halides is 3. The van der Waals surface area contributed by atoms with E-state index in [0.29, 0.717) is 0 Å². The summed E-state index contributed by atoms with van der Waals surface area (Å²) in [5.74, 6) is -0.110. The molecule has 1 aromatic rings. The third-order valence-electron chi connectivity index (χ3n) is 4.11. The molecular formula is C14H18F3NO2. The number of nitrogens with two attached hydrogens (primary N) is 1. The predicted molar refractivity (Wildman–Crippen MR) is 69.6 cm³/mol. The molecule has 0 bridgehead atoms. The van der Waals surface area contributed by atoms with E-state index in [9.17, 15) is 18.3 Å². The van der Waals surface area contributed by atoms with Gasteiger partial charge >= 0.3 is 6.18 Å². The van der Waals surface area contributed by atoms with Gasteiger partial charge in [-0.25, -0.2) is 0 Å². The number of aliphatic hydroxyl groups excluding tert-OH is 1. The summed E-state index contributed by atoms with van der Waals surface area (Å²) in [4.78, 5) is 0. The summed E-state index contributed by atoms with van der Waals surface area (Å²) in [7, 11) is 1.24. The minimum Gasteiger partial charge on any atom is -0.494 e. The van der Waals surface area contributed by atoms with E-state index in [1.54, 1.807) is 6.07 Å². The predicted octanol–water partition coefficient (Wildman–Crippen LogP) is 3.31. The molecule has 1 atom stereocenters. The van der Waals surface area contributed by atoms with Crippen LogP contribution in [0.3, 0.4) is 0 Å². The van der Waals surface area contributed by atoms with Crippen molar-refractivity contribution in [3.63, 3.8) is 0 Å². The molecule has 6 heteroatoms. The Morgan fingerprint density at radius 1 is 1.35 bits per heavy atom. The van der Waals surface area contributed by atoms with E-state index >= 15 is 0 Å². The highest BCUT2D eigenvalue weighted by molar-refractivity contribution is 5.61. The number of hydrogen-bond donors (Lipinski definition) is 2. The van der Waals surface area contributed by atoms with Crippen LogP contribution in [0, 0.1) is 0 Å². The van der Waals surface area contributed by atoms with Crippen molar-refractivity contribution in [2.45, 2.75) is 43.9 Å². The van der Waals surface area contributed by atoms with Crippen LogP contribution in [0.15, 0.2) is 12.1 Å². The van der Waals surface area contributed by atoms with Crippen LogP contribution < -0.4 is 10.5 Å². The fourth-order valence-corrected chi connectivity index (χ4v) is 2.63. The lowest BCUT2D eigenvalue weighted by atomic mass is 9.65. The van der Waals surface area contributed by atoms with Crippen LogP contribution in [0.25, 0.3) is 0 Å². The maximum Gasteiger partial charge on any atom is 0.418 e. The number of rotatable bonds is 3. The number of aliphatic hydroxyl groups is 1. The van der Waals surface area contributed by atoms with Crippen molar-refractivity contribution in [3.8, 4) is 5.75 Å². The van der Waals surface area contributed by atoms with Gasteiger partial charge in [-0.2, -0.15) is 13.2 Å². The van der Waals surface area contributed by atoms with Crippen LogP contribution in [-0.4, -0.2) is 18.4 Å². The Bertz CT molecular complexity index is 510. The summed E-state index contributed by atoms with van der Waals surface area (Å²) in [6.07, 6.45) is -4.50. The number of anilines is 1. The highest BCUT2D eigenvalue weighted by atomic mass is 19.4. The summed E-state index contributed by atoms with van der Waals surface area (Å²) in [5.41, 5.74) is 6.15. The maximum atomic E-state index is 12.8. The molecule has 0 saturated heterocycles. The lowest BCUT2D eigenvalue weighted by Crippen LogP contribution is -2.31. The first-order chi connectivity index (χ1) is 9.19. The molecule has 20 heavy (non-hydrogen) atoms. The second-order valence-electron chi connectivity index (χ2n) is 5.55. The number of methoxy groups -OCH3 is 1. The number of hydrogen-bond acceptors (Lipinski definition) is 3. The van der Waals surface area contributed by atoms with Crippen molar-refractivity contribution < 1.29 is 23.0 Å². The average molecular weight is 289 g/mol. The van der Waals surface area contributed by atoms with E-state index in [4.69, 9.17) is 10.5 Å². The van der Waals surface area contributed by atoms with Crippen molar-refractivity contribution in [2.75, 3.05) is 12.8 Å². The Kier molecular flexibility index (Phi) is 3.62. The second kappa shape index (κ2) is 4.84. The zero-order valence-corrected chi connectivity index (χ0v) is 11.4. The average Bonchev–Trinajstić information content (AvgIpc) is 2.32. The summed E-state index contributed by atoms with van der Waals surface area (Å²) in [5, 5.41) is 9.51. The molecule has 112 valence electrons. The van der Waals surface area contributed by atoms with E-state index in [1.165, 1.54) is 13.2 Å². The molecule has 1 aliphatic rings. The molecule has 1 fully saturated rings. The SMILES string of the molecule is COc1c(N)cc(C2(C)CCC2)cc1C(O)C(F)(F)F. The highest BCUT2D eigenvalue weighted by Gasteiger charge is 2.43. The molecule has 3 nitrogen and oxygen atoms in total. The third kappa shape index (κ3) is 2.44. The van der Waals surface area contributed by atoms with E-state index in [1.807, 2.05) is 6.92 Å². The van der Waals surface area contributed by atoms with Gasteiger partial charge in [0.25, 0.3) is 0 Å². The van der Waals surface area contributed by atoms with Gasteiger partial charge in [0.15, 0.2) is 6.10 Å². The van der Waals surface area contributed by atoms with Crippen LogP contribution in [0.2, 0.25) is 0 Å². The fourth-order valence-electron chi connectivity index (χ4n) is 2.63. The third-order valence-corrected chi connectivity index (χ3v) is 4.11. The number of nitrogen functional groups attached to an aromatic ring is 1. The second-order valence-corrected chi connectivity index (χ2v) is 5.55. The Balaban J connectivity index is 2.53. The molecule has 0 spiro atoms. The van der Waals surface area contributed by atoms with Gasteiger partial charge in [0.05, 0.1) is 12.8 Å². The Hall–Kier alpha value is -1.43. The summed E-state index contributed by atoms with van der Waals surface area (Å²) in [6, 6.07) is 3.01. The number of ether oxygens (including phenoxy) is 1. The molecule has 0 heterocycles. The normalized spacial score (nSPS) is 19.3. The molecule has 0 aromatic heterocycles. The smallest absolute Gasteiger partial charge is 0.418 e. The van der Waals surface area contributed by atoms with Gasteiger partial charge in [-0.3, -0.25) is 0 Å². The first kappa shape index (κ1) is 15.0. The van der Waals surface area contributed by atoms with E-state index in [-0.39, 0.29) is 22.4 Å². The minimum absolute atomic E-state index is 0.110. The van der Waals surface area contributed by atoms with Crippen molar-refractivity contribution in [1.29, 1.82) is 0 Å². The van der Waals surface area contributed by atoms with Crippen LogP contribution >= 0.6 is 0 Å². The highest BCUT2D eigenvalue weighted by Crippen LogP contribution is 2.47. The zero-order chi connectivity index (χ0) is 15.1. The molecule has 1 unspecified atom stereocenters. The van der Waals surface area contributed by atoms with Crippen LogP contribution in [0.1, 0.15) is 43.4 Å². The summed E-state index contributed by atoms with van der Waals surface area (Å²) >= 11 is 0. The van der Waals surface area contributed by atoms with Gasteiger partial charge in [0.2, 0.25) is 0 Å². The van der Waals surface area contributed by atoms with Crippen molar-refractivity contribution in [1.82, 2.24) is 0 Å². The van der Waals surface area contributed by atoms with E-state index < -0.39 is 12.3 Å². The van der Waals surface area contributed by atoms with Gasteiger partial charge in [-0.05, 0) is 36.0 Å². The van der Waals surface area contributed by atoms with Crippen molar-refractivity contribution in [3.05, 3.63) is 23.3 Å². The first-order valence-electron chi connectivity index (χ1n) is 6.42. The monoisotopic (exact) mass is 289 g/mol. The molecule has 0 radical (unpaired) electrons. The standard InChI is InChI=1S/C14H18F3NO2/c1-13(4-3-5-13)8-6-9(12(19)14(15,16)17)11(20-2)10(18)7-8/h6-7,12,19H,3-5,18H2,1-2H3. The number of halogens is 3. The lowest BCUT2D eigenvalue weighted by molar-refractivity contribution is -0.207. The summed E-state index contributed by atoms with van der Waals surface area (Å²) in [6.45, 7) is 1.99. The molecule has 3 N–H and O–H groups in total. The molecule has 0 amide bonds. The fraction of sp³-hybridized carbons (Fsp3) is 0.571. The molecule has 0 aliphatic heterocycles. The Morgan fingerprint density at radius 3 is 2.35 bits per heavy atom. The largest absolute Gasteiger partial charge is 0.494 e. The van der Waals surface area contributed by atoms with Gasteiger partial charge in [-0.1, -0.05) is 13.3 Å². The Morgan fingerprint density at radius 2 is 1.95 bits per heavy atom. The van der Waals surface area contributed by atoms with Crippen LogP contribution in [0.4, 0.5) is 18.9 Å². The maximum absolute atomic E-state index is 12.8. The quantitative estimate of drug-likeness (QED) is 0.839. The van der Waals surface area contributed by atoms with Crippen LogP contribution in [0.5, 0.6) is 5.75 Å². The van der Waals surface area contributed by atoms with E-state index in [0.717, 1.165) is 24.8 Å². The lowest BCUT2D eigenvalue weighted by Gasteiger charge is -2.39. The molecule has 1 saturated carbocycles. The molecule has 2 rings (SSSR count). The minimum atomic E-state index is -4.75. The van der Waals surface area contributed by atoms with Gasteiger partial charge in [-0.15, -0.1) is 0 Å². The molecule has 1 aliphatic carbocycles.